The van der Waals surface area contributed by atoms with Crippen LogP contribution in [0.1, 0.15) is 36.5 Å². The molecular formula is C30H26F3N7O2S. The number of hydrazone groups is 1. The van der Waals surface area contributed by atoms with E-state index in [1.807, 2.05) is 23.1 Å². The Morgan fingerprint density at radius 2 is 1.81 bits per heavy atom. The van der Waals surface area contributed by atoms with Gasteiger partial charge < -0.3 is 4.74 Å². The Hall–Kier alpha value is -5.04. The minimum atomic E-state index is -4.76. The van der Waals surface area contributed by atoms with E-state index in [0.717, 1.165) is 22.4 Å². The maximum absolute atomic E-state index is 12.5. The van der Waals surface area contributed by atoms with Crippen molar-refractivity contribution >= 4 is 23.6 Å². The van der Waals surface area contributed by atoms with Gasteiger partial charge in [-0.3, -0.25) is 4.57 Å². The highest BCUT2D eigenvalue weighted by Crippen LogP contribution is 2.25. The zero-order valence-corrected chi connectivity index (χ0v) is 24.1. The van der Waals surface area contributed by atoms with Gasteiger partial charge in [-0.05, 0) is 59.9 Å². The molecule has 0 aliphatic carbocycles. The van der Waals surface area contributed by atoms with Crippen LogP contribution < -0.4 is 15.0 Å². The summed E-state index contributed by atoms with van der Waals surface area (Å²) >= 11 is 1.35. The fraction of sp³-hybridized carbons (Fsp3) is 0.167. The van der Waals surface area contributed by atoms with E-state index < -0.39 is 12.4 Å². The first-order chi connectivity index (χ1) is 20.6. The zero-order chi connectivity index (χ0) is 30.6. The van der Waals surface area contributed by atoms with Crippen LogP contribution >= 0.6 is 11.3 Å². The van der Waals surface area contributed by atoms with Gasteiger partial charge in [0.05, 0.1) is 17.6 Å². The molecule has 0 saturated heterocycles. The van der Waals surface area contributed by atoms with E-state index in [1.54, 1.807) is 24.3 Å². The topological polar surface area (TPSA) is 98.7 Å². The number of aromatic nitrogens is 4. The van der Waals surface area contributed by atoms with E-state index in [2.05, 4.69) is 62.4 Å². The number of carbonyl (C=O) groups excluding carboxylic acids is 1. The largest absolute Gasteiger partial charge is 0.573 e. The van der Waals surface area contributed by atoms with Crippen LogP contribution in [0.2, 0.25) is 0 Å². The number of ether oxygens (including phenoxy) is 1. The minimum Gasteiger partial charge on any atom is -0.406 e. The molecule has 0 spiro atoms. The molecule has 0 radical (unpaired) electrons. The van der Waals surface area contributed by atoms with E-state index in [1.165, 1.54) is 52.8 Å². The predicted octanol–water partition coefficient (Wildman–Crippen LogP) is 6.76. The van der Waals surface area contributed by atoms with Crippen LogP contribution in [0.15, 0.2) is 94.7 Å². The Balaban J connectivity index is 1.23. The summed E-state index contributed by atoms with van der Waals surface area (Å²) in [6, 6.07) is 18.1. The zero-order valence-electron chi connectivity index (χ0n) is 23.3. The molecule has 0 atom stereocenters. The summed E-state index contributed by atoms with van der Waals surface area (Å²) in [7, 11) is 0. The quantitative estimate of drug-likeness (QED) is 0.164. The number of carbonyl (C=O) groups is 1. The van der Waals surface area contributed by atoms with Crippen molar-refractivity contribution in [2.24, 2.45) is 10.1 Å². The Kier molecular flexibility index (Phi) is 8.53. The molecule has 2 aromatic heterocycles. The van der Waals surface area contributed by atoms with Gasteiger partial charge >= 0.3 is 12.4 Å². The van der Waals surface area contributed by atoms with Gasteiger partial charge in [-0.25, -0.2) is 19.9 Å². The minimum absolute atomic E-state index is 0.301. The van der Waals surface area contributed by atoms with Gasteiger partial charge in [-0.2, -0.15) is 10.1 Å². The number of rotatable bonds is 7. The summed E-state index contributed by atoms with van der Waals surface area (Å²) in [4.78, 5) is 21.5. The summed E-state index contributed by atoms with van der Waals surface area (Å²) in [6.45, 7) is 6.27. The van der Waals surface area contributed by atoms with Crippen LogP contribution in [0, 0.1) is 6.92 Å². The second kappa shape index (κ2) is 12.4. The predicted molar refractivity (Wildman–Crippen MR) is 158 cm³/mol. The lowest BCUT2D eigenvalue weighted by molar-refractivity contribution is -0.274. The van der Waals surface area contributed by atoms with Crippen molar-refractivity contribution in [3.63, 3.8) is 0 Å². The van der Waals surface area contributed by atoms with Crippen LogP contribution in [0.5, 0.6) is 5.75 Å². The third-order valence-electron chi connectivity index (χ3n) is 6.22. The first-order valence-corrected chi connectivity index (χ1v) is 14.0. The highest BCUT2D eigenvalue weighted by atomic mass is 32.1. The van der Waals surface area contributed by atoms with Gasteiger partial charge in [-0.1, -0.05) is 50.2 Å². The van der Waals surface area contributed by atoms with E-state index in [0.29, 0.717) is 27.8 Å². The molecule has 2 heterocycles. The second-order valence-corrected chi connectivity index (χ2v) is 10.6. The van der Waals surface area contributed by atoms with Crippen LogP contribution in [0.25, 0.3) is 22.8 Å². The lowest BCUT2D eigenvalue weighted by Gasteiger charge is -2.14. The molecule has 0 saturated carbocycles. The van der Waals surface area contributed by atoms with Crippen molar-refractivity contribution in [3.8, 4) is 28.5 Å². The summed E-state index contributed by atoms with van der Waals surface area (Å²) in [5, 5.41) is 10.3. The van der Waals surface area contributed by atoms with Crippen molar-refractivity contribution in [1.82, 2.24) is 24.8 Å². The number of nitrogens with zero attached hydrogens (tertiary/aromatic N) is 6. The Morgan fingerprint density at radius 3 is 2.51 bits per heavy atom. The maximum atomic E-state index is 12.5. The number of thiazole rings is 1. The maximum Gasteiger partial charge on any atom is 0.573 e. The number of alkyl halides is 3. The Bertz CT molecular complexity index is 1820. The number of hydrogen-bond acceptors (Lipinski definition) is 6. The van der Waals surface area contributed by atoms with Crippen molar-refractivity contribution in [1.29, 1.82) is 0 Å². The summed E-state index contributed by atoms with van der Waals surface area (Å²) in [5.74, 6) is 0.399. The van der Waals surface area contributed by atoms with E-state index >= 15 is 0 Å². The Morgan fingerprint density at radius 1 is 1.07 bits per heavy atom. The van der Waals surface area contributed by atoms with Crippen molar-refractivity contribution < 1.29 is 22.7 Å². The van der Waals surface area contributed by atoms with Crippen LogP contribution in [0.3, 0.4) is 0 Å². The second-order valence-electron chi connectivity index (χ2n) is 9.74. The van der Waals surface area contributed by atoms with Crippen LogP contribution in [-0.4, -0.2) is 37.9 Å². The average Bonchev–Trinajstić information content (AvgIpc) is 3.63. The van der Waals surface area contributed by atoms with E-state index in [-0.39, 0.29) is 5.75 Å². The third kappa shape index (κ3) is 7.43. The molecular weight excluding hydrogens is 579 g/mol. The van der Waals surface area contributed by atoms with Crippen molar-refractivity contribution in [2.75, 3.05) is 0 Å². The SMILES string of the molecule is Cc1ccc(C(C)C)c(-n2ccs/c2=N\C(=O)N/N=C/c2ccc(-c3ncn(-c4ccc(OC(F)(F)F)cc4)n3)cc2)c1. The molecule has 13 heteroatoms. The van der Waals surface area contributed by atoms with Gasteiger partial charge in [0.2, 0.25) is 0 Å². The molecule has 0 aliphatic rings. The number of aryl methyl sites for hydroxylation is 1. The number of benzene rings is 3. The van der Waals surface area contributed by atoms with Gasteiger partial charge in [0.25, 0.3) is 0 Å². The number of amides is 2. The highest BCUT2D eigenvalue weighted by molar-refractivity contribution is 7.07. The first kappa shape index (κ1) is 29.5. The van der Waals surface area contributed by atoms with Crippen molar-refractivity contribution in [2.45, 2.75) is 33.1 Å². The fourth-order valence-corrected chi connectivity index (χ4v) is 4.91. The lowest BCUT2D eigenvalue weighted by atomic mass is 9.99. The van der Waals surface area contributed by atoms with Crippen LogP contribution in [-0.2, 0) is 0 Å². The van der Waals surface area contributed by atoms with Crippen LogP contribution in [0.4, 0.5) is 18.0 Å². The summed E-state index contributed by atoms with van der Waals surface area (Å²) in [6.07, 6.45) is 0.0905. The summed E-state index contributed by atoms with van der Waals surface area (Å²) < 4.78 is 44.4. The molecule has 9 nitrogen and oxygen atoms in total. The monoisotopic (exact) mass is 605 g/mol. The van der Waals surface area contributed by atoms with Gasteiger partial charge in [0.15, 0.2) is 10.6 Å². The van der Waals surface area contributed by atoms with Gasteiger partial charge in [-0.15, -0.1) is 29.6 Å². The molecule has 0 unspecified atom stereocenters. The normalized spacial score (nSPS) is 12.3. The standard InChI is InChI=1S/C30H26F3N7O2S/c1-19(2)25-13-4-20(3)16-26(25)39-14-15-43-29(39)36-28(41)37-35-17-21-5-7-22(8-6-21)27-34-18-40(38-27)23-9-11-24(12-10-23)42-30(31,32)33/h4-19H,1-3H3,(H,37,41)/b35-17+,36-29-. The average molecular weight is 606 g/mol. The van der Waals surface area contributed by atoms with E-state index in [4.69, 9.17) is 0 Å². The molecule has 220 valence electrons. The number of nitrogens with one attached hydrogen (secondary N) is 1. The van der Waals surface area contributed by atoms with Gasteiger partial charge in [0, 0.05) is 17.1 Å². The molecule has 0 fully saturated rings. The molecule has 43 heavy (non-hydrogen) atoms. The van der Waals surface area contributed by atoms with Gasteiger partial charge in [0.1, 0.15) is 12.1 Å². The van der Waals surface area contributed by atoms with E-state index in [9.17, 15) is 18.0 Å². The number of hydrogen-bond donors (Lipinski definition) is 1. The van der Waals surface area contributed by atoms with Crippen molar-refractivity contribution in [3.05, 3.63) is 106 Å². The molecule has 2 amide bonds. The highest BCUT2D eigenvalue weighted by Gasteiger charge is 2.31. The molecule has 0 bridgehead atoms. The first-order valence-electron chi connectivity index (χ1n) is 13.1. The Labute approximate surface area is 248 Å². The molecule has 3 aromatic carbocycles. The number of urea groups is 1. The molecule has 5 rings (SSSR count). The smallest absolute Gasteiger partial charge is 0.406 e. The molecule has 1 N–H and O–H groups in total. The lowest BCUT2D eigenvalue weighted by Crippen LogP contribution is -2.21. The molecule has 0 aliphatic heterocycles. The fourth-order valence-electron chi connectivity index (χ4n) is 4.20. The summed E-state index contributed by atoms with van der Waals surface area (Å²) in [5.41, 5.74) is 7.64. The third-order valence-corrected chi connectivity index (χ3v) is 6.98. The molecule has 5 aromatic rings. The number of halogens is 3.